The second-order valence-electron chi connectivity index (χ2n) is 4.58. The van der Waals surface area contributed by atoms with E-state index in [1.54, 1.807) is 0 Å². The van der Waals surface area contributed by atoms with Crippen LogP contribution in [0.4, 0.5) is 0 Å². The number of halogens is 1. The molecule has 0 spiro atoms. The molecule has 90 valence electrons. The van der Waals surface area contributed by atoms with Crippen LogP contribution < -0.4 is 5.32 Å². The monoisotopic (exact) mass is 250 g/mol. The van der Waals surface area contributed by atoms with Crippen molar-refractivity contribution in [1.82, 2.24) is 10.3 Å². The molecule has 2 aromatic rings. The van der Waals surface area contributed by atoms with Crippen molar-refractivity contribution in [3.8, 4) is 0 Å². The first-order valence-corrected chi connectivity index (χ1v) is 6.31. The zero-order valence-corrected chi connectivity index (χ0v) is 10.2. The summed E-state index contributed by atoms with van der Waals surface area (Å²) in [6.07, 6.45) is 3.56. The van der Waals surface area contributed by atoms with Gasteiger partial charge in [0.05, 0.1) is 6.10 Å². The lowest BCUT2D eigenvalue weighted by Crippen LogP contribution is -2.28. The Labute approximate surface area is 105 Å². The van der Waals surface area contributed by atoms with E-state index in [1.165, 1.54) is 0 Å². The summed E-state index contributed by atoms with van der Waals surface area (Å²) in [5.41, 5.74) is 1.95. The predicted molar refractivity (Wildman–Crippen MR) is 69.3 cm³/mol. The Hall–Kier alpha value is -1.03. The molecule has 3 rings (SSSR count). The summed E-state index contributed by atoms with van der Waals surface area (Å²) < 4.78 is 0. The zero-order chi connectivity index (χ0) is 11.8. The van der Waals surface area contributed by atoms with E-state index in [2.05, 4.69) is 10.3 Å². The molecule has 2 atom stereocenters. The first kappa shape index (κ1) is 11.1. The van der Waals surface area contributed by atoms with Crippen LogP contribution in [-0.2, 0) is 0 Å². The largest absolute Gasteiger partial charge is 0.387 e. The molecule has 0 aliphatic carbocycles. The summed E-state index contributed by atoms with van der Waals surface area (Å²) in [4.78, 5) is 3.17. The van der Waals surface area contributed by atoms with Crippen molar-refractivity contribution in [2.45, 2.75) is 25.0 Å². The normalized spacial score (nSPS) is 22.1. The summed E-state index contributed by atoms with van der Waals surface area (Å²) in [5, 5.41) is 15.4. The van der Waals surface area contributed by atoms with Gasteiger partial charge in [-0.2, -0.15) is 0 Å². The second kappa shape index (κ2) is 4.33. The van der Waals surface area contributed by atoms with Gasteiger partial charge in [-0.25, -0.2) is 0 Å². The highest BCUT2D eigenvalue weighted by molar-refractivity contribution is 6.31. The minimum Gasteiger partial charge on any atom is -0.387 e. The molecule has 1 fully saturated rings. The Morgan fingerprint density at radius 1 is 1.41 bits per heavy atom. The van der Waals surface area contributed by atoms with Crippen molar-refractivity contribution in [3.63, 3.8) is 0 Å². The molecule has 1 aromatic heterocycles. The van der Waals surface area contributed by atoms with E-state index < -0.39 is 6.10 Å². The lowest BCUT2D eigenvalue weighted by molar-refractivity contribution is 0.139. The van der Waals surface area contributed by atoms with Crippen molar-refractivity contribution < 1.29 is 5.11 Å². The molecule has 2 heterocycles. The van der Waals surface area contributed by atoms with Crippen LogP contribution in [0.2, 0.25) is 5.02 Å². The van der Waals surface area contributed by atoms with Gasteiger partial charge in [0.15, 0.2) is 0 Å². The number of nitrogens with one attached hydrogen (secondary N) is 2. The third kappa shape index (κ3) is 1.95. The minimum absolute atomic E-state index is 0.160. The van der Waals surface area contributed by atoms with Crippen molar-refractivity contribution in [2.75, 3.05) is 6.54 Å². The highest BCUT2D eigenvalue weighted by Gasteiger charge is 2.25. The maximum absolute atomic E-state index is 10.4. The van der Waals surface area contributed by atoms with Crippen LogP contribution in [0.25, 0.3) is 10.9 Å². The van der Waals surface area contributed by atoms with Gasteiger partial charge in [-0.3, -0.25) is 0 Å². The van der Waals surface area contributed by atoms with Gasteiger partial charge in [0.2, 0.25) is 0 Å². The van der Waals surface area contributed by atoms with E-state index in [0.717, 1.165) is 35.9 Å². The number of fused-ring (bicyclic) bond motifs is 1. The average Bonchev–Trinajstić information content (AvgIpc) is 2.97. The fourth-order valence-electron chi connectivity index (χ4n) is 2.56. The summed E-state index contributed by atoms with van der Waals surface area (Å²) in [5.74, 6) is 0. The Morgan fingerprint density at radius 2 is 2.29 bits per heavy atom. The van der Waals surface area contributed by atoms with E-state index in [0.29, 0.717) is 5.02 Å². The topological polar surface area (TPSA) is 48.0 Å². The van der Waals surface area contributed by atoms with Crippen molar-refractivity contribution >= 4 is 22.5 Å². The third-order valence-electron chi connectivity index (χ3n) is 3.47. The third-order valence-corrected chi connectivity index (χ3v) is 3.71. The smallest absolute Gasteiger partial charge is 0.0963 e. The van der Waals surface area contributed by atoms with E-state index in [4.69, 9.17) is 11.6 Å². The number of hydrogen-bond donors (Lipinski definition) is 3. The molecule has 3 N–H and O–H groups in total. The highest BCUT2D eigenvalue weighted by Crippen LogP contribution is 2.30. The number of aromatic nitrogens is 1. The minimum atomic E-state index is -0.468. The van der Waals surface area contributed by atoms with Crippen LogP contribution in [0.1, 0.15) is 24.5 Å². The van der Waals surface area contributed by atoms with E-state index >= 15 is 0 Å². The first-order valence-electron chi connectivity index (χ1n) is 5.94. The Morgan fingerprint density at radius 3 is 3.06 bits per heavy atom. The molecule has 17 heavy (non-hydrogen) atoms. The number of aromatic amines is 1. The van der Waals surface area contributed by atoms with Crippen LogP contribution in [0.3, 0.4) is 0 Å². The molecule has 4 heteroatoms. The van der Waals surface area contributed by atoms with E-state index in [-0.39, 0.29) is 6.04 Å². The molecule has 1 aromatic carbocycles. The number of aliphatic hydroxyl groups excluding tert-OH is 1. The van der Waals surface area contributed by atoms with Crippen LogP contribution in [-0.4, -0.2) is 22.7 Å². The summed E-state index contributed by atoms with van der Waals surface area (Å²) in [7, 11) is 0. The highest BCUT2D eigenvalue weighted by atomic mass is 35.5. The predicted octanol–water partition coefficient (Wildman–Crippen LogP) is 2.61. The molecule has 1 aliphatic heterocycles. The lowest BCUT2D eigenvalue weighted by atomic mass is 10.0. The summed E-state index contributed by atoms with van der Waals surface area (Å²) >= 11 is 6.00. The zero-order valence-electron chi connectivity index (χ0n) is 9.41. The fourth-order valence-corrected chi connectivity index (χ4v) is 2.73. The number of aliphatic hydroxyl groups is 1. The van der Waals surface area contributed by atoms with Gasteiger partial charge in [-0.15, -0.1) is 0 Å². The number of hydrogen-bond acceptors (Lipinski definition) is 2. The van der Waals surface area contributed by atoms with Gasteiger partial charge in [0.1, 0.15) is 0 Å². The molecule has 0 saturated carbocycles. The van der Waals surface area contributed by atoms with Crippen molar-refractivity contribution in [1.29, 1.82) is 0 Å². The molecule has 1 aliphatic rings. The maximum atomic E-state index is 10.4. The van der Waals surface area contributed by atoms with E-state index in [9.17, 15) is 5.11 Å². The molecule has 3 nitrogen and oxygen atoms in total. The summed E-state index contributed by atoms with van der Waals surface area (Å²) in [6.45, 7) is 0.991. The fraction of sp³-hybridized carbons (Fsp3) is 0.385. The van der Waals surface area contributed by atoms with Gasteiger partial charge in [-0.05, 0) is 37.6 Å². The quantitative estimate of drug-likeness (QED) is 0.767. The van der Waals surface area contributed by atoms with Gasteiger partial charge < -0.3 is 15.4 Å². The second-order valence-corrected chi connectivity index (χ2v) is 5.02. The van der Waals surface area contributed by atoms with Crippen molar-refractivity contribution in [2.24, 2.45) is 0 Å². The van der Waals surface area contributed by atoms with Gasteiger partial charge in [0.25, 0.3) is 0 Å². The standard InChI is InChI=1S/C13H15ClN2O/c14-8-3-4-11-9(6-8)10(7-16-11)13(17)12-2-1-5-15-12/h3-4,6-7,12-13,15-17H,1-2,5H2. The van der Waals surface area contributed by atoms with Crippen LogP contribution in [0, 0.1) is 0 Å². The Balaban J connectivity index is 2.01. The van der Waals surface area contributed by atoms with Crippen LogP contribution in [0.5, 0.6) is 0 Å². The van der Waals surface area contributed by atoms with Gasteiger partial charge in [-0.1, -0.05) is 11.6 Å². The van der Waals surface area contributed by atoms with Gasteiger partial charge >= 0.3 is 0 Å². The molecule has 2 unspecified atom stereocenters. The first-order chi connectivity index (χ1) is 8.25. The summed E-state index contributed by atoms with van der Waals surface area (Å²) in [6, 6.07) is 5.86. The van der Waals surface area contributed by atoms with Crippen LogP contribution >= 0.6 is 11.6 Å². The molecule has 1 saturated heterocycles. The molecule has 0 amide bonds. The molecular formula is C13H15ClN2O. The SMILES string of the molecule is OC(c1c[nH]c2ccc(Cl)cc12)C1CCCN1. The molecule has 0 bridgehead atoms. The van der Waals surface area contributed by atoms with Gasteiger partial charge in [0, 0.05) is 33.7 Å². The molecule has 0 radical (unpaired) electrons. The lowest BCUT2D eigenvalue weighted by Gasteiger charge is -2.17. The number of H-pyrrole nitrogens is 1. The Bertz CT molecular complexity index is 531. The maximum Gasteiger partial charge on any atom is 0.0963 e. The Kier molecular flexibility index (Phi) is 2.82. The average molecular weight is 251 g/mol. The number of benzene rings is 1. The van der Waals surface area contributed by atoms with Crippen molar-refractivity contribution in [3.05, 3.63) is 35.0 Å². The molecular weight excluding hydrogens is 236 g/mol. The van der Waals surface area contributed by atoms with Crippen LogP contribution in [0.15, 0.2) is 24.4 Å². The van der Waals surface area contributed by atoms with E-state index in [1.807, 2.05) is 24.4 Å². The number of rotatable bonds is 2.